The summed E-state index contributed by atoms with van der Waals surface area (Å²) in [6.45, 7) is 0.130. The maximum Gasteiger partial charge on any atom is 0.408 e. The summed E-state index contributed by atoms with van der Waals surface area (Å²) < 4.78 is 5.15. The lowest BCUT2D eigenvalue weighted by Crippen LogP contribution is -2.46. The van der Waals surface area contributed by atoms with Gasteiger partial charge >= 0.3 is 6.09 Å². The van der Waals surface area contributed by atoms with Gasteiger partial charge in [-0.15, -0.1) is 0 Å². The summed E-state index contributed by atoms with van der Waals surface area (Å²) in [7, 11) is 0. The molecule has 1 aromatic heterocycles. The number of alkyl carbamates (subject to hydrolysis) is 1. The molecule has 0 spiro atoms. The van der Waals surface area contributed by atoms with Gasteiger partial charge in [0.25, 0.3) is 0 Å². The highest BCUT2D eigenvalue weighted by atomic mass is 16.5. The number of H-pyrrole nitrogens is 1. The quantitative estimate of drug-likeness (QED) is 0.644. The number of carbonyl (C=O) groups is 2. The number of nitrogens with one attached hydrogen (secondary N) is 2. The van der Waals surface area contributed by atoms with Crippen LogP contribution in [-0.4, -0.2) is 23.0 Å². The smallest absolute Gasteiger partial charge is 0.408 e. The van der Waals surface area contributed by atoms with Crippen LogP contribution >= 0.6 is 0 Å². The van der Waals surface area contributed by atoms with E-state index in [4.69, 9.17) is 10.5 Å². The normalized spacial score (nSPS) is 11.8. The molecule has 1 heterocycles. The number of fused-ring (bicyclic) bond motifs is 1. The van der Waals surface area contributed by atoms with E-state index >= 15 is 0 Å². The number of amides is 2. The number of carbonyl (C=O) groups excluding carboxylic acids is 2. The number of para-hydroxylation sites is 1. The van der Waals surface area contributed by atoms with Crippen LogP contribution in [0.4, 0.5) is 4.79 Å². The van der Waals surface area contributed by atoms with Crippen LogP contribution in [0.5, 0.6) is 0 Å². The van der Waals surface area contributed by atoms with E-state index in [0.717, 1.165) is 22.0 Å². The Labute approximate surface area is 145 Å². The summed E-state index contributed by atoms with van der Waals surface area (Å²) in [4.78, 5) is 26.8. The van der Waals surface area contributed by atoms with Gasteiger partial charge in [-0.05, 0) is 17.2 Å². The molecule has 0 fully saturated rings. The van der Waals surface area contributed by atoms with E-state index in [-0.39, 0.29) is 6.61 Å². The predicted octanol–water partition coefficient (Wildman–Crippen LogP) is 2.49. The molecule has 25 heavy (non-hydrogen) atoms. The highest BCUT2D eigenvalue weighted by molar-refractivity contribution is 5.87. The number of ether oxygens (including phenoxy) is 1. The van der Waals surface area contributed by atoms with E-state index in [0.29, 0.717) is 6.42 Å². The SMILES string of the molecule is NC(=O)[C@H](Cc1c[nH]c2ccccc12)NC(=O)OCc1ccccc1. The average molecular weight is 337 g/mol. The van der Waals surface area contributed by atoms with Gasteiger partial charge in [-0.1, -0.05) is 48.5 Å². The molecule has 1 atom stereocenters. The predicted molar refractivity (Wildman–Crippen MR) is 94.7 cm³/mol. The number of rotatable bonds is 6. The summed E-state index contributed by atoms with van der Waals surface area (Å²) in [5, 5.41) is 3.53. The van der Waals surface area contributed by atoms with Crippen molar-refractivity contribution < 1.29 is 14.3 Å². The molecule has 0 saturated carbocycles. The van der Waals surface area contributed by atoms with E-state index in [1.54, 1.807) is 0 Å². The van der Waals surface area contributed by atoms with Crippen LogP contribution in [0.3, 0.4) is 0 Å². The molecule has 6 heteroatoms. The summed E-state index contributed by atoms with van der Waals surface area (Å²) in [6.07, 6.45) is 1.43. The fourth-order valence-electron chi connectivity index (χ4n) is 2.65. The third-order valence-corrected chi connectivity index (χ3v) is 3.95. The Kier molecular flexibility index (Phi) is 4.99. The molecule has 0 unspecified atom stereocenters. The van der Waals surface area contributed by atoms with Crippen LogP contribution in [0.15, 0.2) is 60.8 Å². The Bertz CT molecular complexity index is 874. The van der Waals surface area contributed by atoms with Crippen molar-refractivity contribution >= 4 is 22.9 Å². The van der Waals surface area contributed by atoms with Crippen molar-refractivity contribution in [2.24, 2.45) is 5.73 Å². The van der Waals surface area contributed by atoms with Crippen molar-refractivity contribution in [1.29, 1.82) is 0 Å². The zero-order valence-corrected chi connectivity index (χ0v) is 13.6. The Morgan fingerprint density at radius 3 is 2.56 bits per heavy atom. The van der Waals surface area contributed by atoms with Gasteiger partial charge in [0.1, 0.15) is 12.6 Å². The van der Waals surface area contributed by atoms with Crippen molar-refractivity contribution in [2.75, 3.05) is 0 Å². The molecule has 2 aromatic carbocycles. The van der Waals surface area contributed by atoms with E-state index < -0.39 is 18.0 Å². The van der Waals surface area contributed by atoms with Crippen LogP contribution < -0.4 is 11.1 Å². The van der Waals surface area contributed by atoms with E-state index in [9.17, 15) is 9.59 Å². The third kappa shape index (κ3) is 4.17. The largest absolute Gasteiger partial charge is 0.445 e. The van der Waals surface area contributed by atoms with Crippen molar-refractivity contribution in [2.45, 2.75) is 19.1 Å². The number of benzene rings is 2. The van der Waals surface area contributed by atoms with Crippen LogP contribution in [-0.2, 0) is 22.6 Å². The Balaban J connectivity index is 1.63. The van der Waals surface area contributed by atoms with Gasteiger partial charge in [0.05, 0.1) is 0 Å². The highest BCUT2D eigenvalue weighted by Crippen LogP contribution is 2.19. The minimum absolute atomic E-state index is 0.130. The van der Waals surface area contributed by atoms with Crippen molar-refractivity contribution in [3.05, 3.63) is 71.9 Å². The molecule has 2 amide bonds. The fraction of sp³-hybridized carbons (Fsp3) is 0.158. The number of primary amides is 1. The first-order chi connectivity index (χ1) is 12.1. The zero-order valence-electron chi connectivity index (χ0n) is 13.6. The van der Waals surface area contributed by atoms with Gasteiger partial charge in [0.2, 0.25) is 5.91 Å². The van der Waals surface area contributed by atoms with Gasteiger partial charge in [-0.3, -0.25) is 4.79 Å². The molecule has 6 nitrogen and oxygen atoms in total. The molecule has 0 aliphatic carbocycles. The molecule has 0 radical (unpaired) electrons. The molecule has 0 aliphatic heterocycles. The Hall–Kier alpha value is -3.28. The monoisotopic (exact) mass is 337 g/mol. The number of aromatic nitrogens is 1. The second-order valence-corrected chi connectivity index (χ2v) is 5.72. The second-order valence-electron chi connectivity index (χ2n) is 5.72. The highest BCUT2D eigenvalue weighted by Gasteiger charge is 2.21. The first-order valence-corrected chi connectivity index (χ1v) is 7.95. The number of aromatic amines is 1. The fourth-order valence-corrected chi connectivity index (χ4v) is 2.65. The lowest BCUT2D eigenvalue weighted by atomic mass is 10.0. The van der Waals surface area contributed by atoms with Gasteiger partial charge in [-0.2, -0.15) is 0 Å². The Morgan fingerprint density at radius 1 is 1.08 bits per heavy atom. The minimum atomic E-state index is -0.845. The second kappa shape index (κ2) is 7.53. The van der Waals surface area contributed by atoms with Gasteiger partial charge < -0.3 is 20.8 Å². The molecule has 0 aliphatic rings. The average Bonchev–Trinajstić information content (AvgIpc) is 3.03. The molecule has 128 valence electrons. The first-order valence-electron chi connectivity index (χ1n) is 7.95. The lowest BCUT2D eigenvalue weighted by molar-refractivity contribution is -0.119. The summed E-state index contributed by atoms with van der Waals surface area (Å²) in [5.74, 6) is -0.609. The third-order valence-electron chi connectivity index (χ3n) is 3.95. The van der Waals surface area contributed by atoms with Crippen LogP contribution in [0.2, 0.25) is 0 Å². The summed E-state index contributed by atoms with van der Waals surface area (Å²) in [6, 6.07) is 16.2. The molecule has 3 rings (SSSR count). The van der Waals surface area contributed by atoms with Crippen LogP contribution in [0.25, 0.3) is 10.9 Å². The van der Waals surface area contributed by atoms with E-state index in [2.05, 4.69) is 10.3 Å². The Morgan fingerprint density at radius 2 is 1.80 bits per heavy atom. The number of hydrogen-bond donors (Lipinski definition) is 3. The summed E-state index contributed by atoms with van der Waals surface area (Å²) >= 11 is 0. The standard InChI is InChI=1S/C19H19N3O3/c20-18(23)17(10-14-11-21-16-9-5-4-8-15(14)16)22-19(24)25-12-13-6-2-1-3-7-13/h1-9,11,17,21H,10,12H2,(H2,20,23)(H,22,24)/t17-/m0/s1. The van der Waals surface area contributed by atoms with E-state index in [1.165, 1.54) is 0 Å². The molecular formula is C19H19N3O3. The molecule has 4 N–H and O–H groups in total. The molecular weight excluding hydrogens is 318 g/mol. The maximum absolute atomic E-state index is 12.0. The first kappa shape index (κ1) is 16.6. The van der Waals surface area contributed by atoms with Crippen molar-refractivity contribution in [3.8, 4) is 0 Å². The zero-order chi connectivity index (χ0) is 17.6. The number of hydrogen-bond acceptors (Lipinski definition) is 3. The maximum atomic E-state index is 12.0. The van der Waals surface area contributed by atoms with Crippen LogP contribution in [0.1, 0.15) is 11.1 Å². The van der Waals surface area contributed by atoms with Crippen molar-refractivity contribution in [3.63, 3.8) is 0 Å². The van der Waals surface area contributed by atoms with Gasteiger partial charge in [-0.25, -0.2) is 4.79 Å². The van der Waals surface area contributed by atoms with E-state index in [1.807, 2.05) is 60.8 Å². The topological polar surface area (TPSA) is 97.2 Å². The van der Waals surface area contributed by atoms with Crippen LogP contribution in [0, 0.1) is 0 Å². The van der Waals surface area contributed by atoms with Gasteiger partial charge in [0.15, 0.2) is 0 Å². The summed E-state index contributed by atoms with van der Waals surface area (Å²) in [5.41, 5.74) is 8.17. The molecule has 0 bridgehead atoms. The van der Waals surface area contributed by atoms with Gasteiger partial charge in [0, 0.05) is 23.5 Å². The molecule has 3 aromatic rings. The number of nitrogens with two attached hydrogens (primary N) is 1. The van der Waals surface area contributed by atoms with Crippen molar-refractivity contribution in [1.82, 2.24) is 10.3 Å². The molecule has 0 saturated heterocycles. The lowest BCUT2D eigenvalue weighted by Gasteiger charge is -2.15. The minimum Gasteiger partial charge on any atom is -0.445 e.